The molecule has 0 aliphatic carbocycles. The van der Waals surface area contributed by atoms with Crippen LogP contribution in [-0.4, -0.2) is 60.2 Å². The van der Waals surface area contributed by atoms with Crippen LogP contribution >= 0.6 is 0 Å². The maximum Gasteiger partial charge on any atom is 0.397 e. The maximum absolute atomic E-state index is 12.0. The highest BCUT2D eigenvalue weighted by Gasteiger charge is 2.38. The zero-order chi connectivity index (χ0) is 17.0. The second kappa shape index (κ2) is 7.34. The molecule has 0 aromatic heterocycles. The van der Waals surface area contributed by atoms with Crippen LogP contribution in [0.25, 0.3) is 0 Å². The molecule has 1 aliphatic rings. The lowest BCUT2D eigenvalue weighted by atomic mass is 10.00. The summed E-state index contributed by atoms with van der Waals surface area (Å²) in [6.07, 6.45) is -3.78. The summed E-state index contributed by atoms with van der Waals surface area (Å²) in [4.78, 5) is 12.0. The van der Waals surface area contributed by atoms with Gasteiger partial charge in [0.15, 0.2) is 6.29 Å². The predicted molar refractivity (Wildman–Crippen MR) is 76.7 cm³/mol. The van der Waals surface area contributed by atoms with Crippen LogP contribution < -0.4 is 5.32 Å². The standard InChI is InChI=1S/C13H17NO8S/c15-10-6-9(7-21-23(18,19)20)22-13(17)11(10)14-12(16)8-4-2-1-3-5-8/h1-5,9-11,13,15,17H,6-7H2,(H,14,16)(H,18,19,20)/t9?,10-,11?,13+/m0/s1. The Balaban J connectivity index is 1.94. The smallest absolute Gasteiger partial charge is 0.391 e. The molecule has 1 aromatic carbocycles. The number of ether oxygens (including phenoxy) is 1. The van der Waals surface area contributed by atoms with Gasteiger partial charge in [-0.3, -0.25) is 9.35 Å². The number of benzene rings is 1. The first-order chi connectivity index (χ1) is 10.8. The van der Waals surface area contributed by atoms with Gasteiger partial charge in [-0.05, 0) is 12.1 Å². The average molecular weight is 347 g/mol. The molecule has 4 atom stereocenters. The molecular formula is C13H17NO8S. The zero-order valence-electron chi connectivity index (χ0n) is 11.9. The van der Waals surface area contributed by atoms with Crippen molar-refractivity contribution in [2.75, 3.05) is 6.61 Å². The highest BCUT2D eigenvalue weighted by Crippen LogP contribution is 2.20. The summed E-state index contributed by atoms with van der Waals surface area (Å²) in [5, 5.41) is 22.3. The van der Waals surface area contributed by atoms with E-state index in [1.165, 1.54) is 0 Å². The van der Waals surface area contributed by atoms with Gasteiger partial charge in [-0.1, -0.05) is 18.2 Å². The molecular weight excluding hydrogens is 330 g/mol. The van der Waals surface area contributed by atoms with Crippen LogP contribution in [0.15, 0.2) is 30.3 Å². The van der Waals surface area contributed by atoms with Crippen molar-refractivity contribution in [3.63, 3.8) is 0 Å². The van der Waals surface area contributed by atoms with Crippen molar-refractivity contribution in [3.05, 3.63) is 35.9 Å². The SMILES string of the molecule is O=C(NC1[C@H](O)OC(COS(=O)(=O)O)C[C@@H]1O)c1ccccc1. The second-order valence-electron chi connectivity index (χ2n) is 5.03. The molecule has 23 heavy (non-hydrogen) atoms. The molecule has 1 saturated heterocycles. The lowest BCUT2D eigenvalue weighted by Crippen LogP contribution is -2.57. The Hall–Kier alpha value is -1.56. The minimum absolute atomic E-state index is 0.0910. The summed E-state index contributed by atoms with van der Waals surface area (Å²) in [6, 6.07) is 7.14. The van der Waals surface area contributed by atoms with Gasteiger partial charge in [0.05, 0.1) is 18.8 Å². The largest absolute Gasteiger partial charge is 0.397 e. The highest BCUT2D eigenvalue weighted by molar-refractivity contribution is 7.80. The molecule has 4 N–H and O–H groups in total. The first-order valence-corrected chi connectivity index (χ1v) is 8.12. The van der Waals surface area contributed by atoms with Gasteiger partial charge in [0.2, 0.25) is 0 Å². The Labute approximate surface area is 132 Å². The lowest BCUT2D eigenvalue weighted by Gasteiger charge is -2.37. The normalized spacial score (nSPS) is 28.3. The Morgan fingerprint density at radius 2 is 1.96 bits per heavy atom. The van der Waals surface area contributed by atoms with Crippen LogP contribution in [0.1, 0.15) is 16.8 Å². The molecule has 1 aliphatic heterocycles. The van der Waals surface area contributed by atoms with Crippen molar-refractivity contribution < 1.29 is 36.9 Å². The van der Waals surface area contributed by atoms with Gasteiger partial charge in [-0.15, -0.1) is 0 Å². The monoisotopic (exact) mass is 347 g/mol. The average Bonchev–Trinajstić information content (AvgIpc) is 2.49. The summed E-state index contributed by atoms with van der Waals surface area (Å²) in [6.45, 7) is -0.563. The van der Waals surface area contributed by atoms with Crippen molar-refractivity contribution in [1.82, 2.24) is 5.32 Å². The molecule has 0 saturated carbocycles. The summed E-state index contributed by atoms with van der Waals surface area (Å²) < 4.78 is 38.7. The highest BCUT2D eigenvalue weighted by atomic mass is 32.3. The molecule has 0 radical (unpaired) electrons. The molecule has 10 heteroatoms. The maximum atomic E-state index is 12.0. The Bertz CT molecular complexity index is 623. The number of hydrogen-bond acceptors (Lipinski definition) is 7. The first kappa shape index (κ1) is 17.8. The van der Waals surface area contributed by atoms with E-state index in [1.807, 2.05) is 0 Å². The number of hydrogen-bond donors (Lipinski definition) is 4. The predicted octanol–water partition coefficient (Wildman–Crippen LogP) is -0.927. The van der Waals surface area contributed by atoms with E-state index in [2.05, 4.69) is 9.50 Å². The van der Waals surface area contributed by atoms with E-state index >= 15 is 0 Å². The minimum atomic E-state index is -4.64. The van der Waals surface area contributed by atoms with Crippen molar-refractivity contribution in [3.8, 4) is 0 Å². The number of aliphatic hydroxyl groups is 2. The van der Waals surface area contributed by atoms with Gasteiger partial charge >= 0.3 is 10.4 Å². The van der Waals surface area contributed by atoms with Crippen LogP contribution in [0.2, 0.25) is 0 Å². The fraction of sp³-hybridized carbons (Fsp3) is 0.462. The van der Waals surface area contributed by atoms with Gasteiger partial charge < -0.3 is 20.3 Å². The third-order valence-electron chi connectivity index (χ3n) is 3.29. The molecule has 2 unspecified atom stereocenters. The molecule has 0 bridgehead atoms. The molecule has 128 valence electrons. The van der Waals surface area contributed by atoms with E-state index < -0.39 is 47.5 Å². The molecule has 1 fully saturated rings. The molecule has 1 heterocycles. The van der Waals surface area contributed by atoms with Gasteiger partial charge in [0, 0.05) is 12.0 Å². The topological polar surface area (TPSA) is 142 Å². The van der Waals surface area contributed by atoms with Crippen molar-refractivity contribution in [2.24, 2.45) is 0 Å². The number of rotatable bonds is 5. The summed E-state index contributed by atoms with van der Waals surface area (Å²) in [5.74, 6) is -0.495. The summed E-state index contributed by atoms with van der Waals surface area (Å²) >= 11 is 0. The summed E-state index contributed by atoms with van der Waals surface area (Å²) in [5.41, 5.74) is 0.351. The fourth-order valence-electron chi connectivity index (χ4n) is 2.20. The van der Waals surface area contributed by atoms with Crippen LogP contribution in [0, 0.1) is 0 Å². The third kappa shape index (κ3) is 5.23. The quantitative estimate of drug-likeness (QED) is 0.501. The van der Waals surface area contributed by atoms with Gasteiger partial charge in [-0.25, -0.2) is 4.18 Å². The van der Waals surface area contributed by atoms with Gasteiger partial charge in [0.25, 0.3) is 5.91 Å². The van der Waals surface area contributed by atoms with Gasteiger partial charge in [0.1, 0.15) is 6.04 Å². The Kier molecular flexibility index (Phi) is 5.68. The van der Waals surface area contributed by atoms with Crippen molar-refractivity contribution >= 4 is 16.3 Å². The van der Waals surface area contributed by atoms with Crippen LogP contribution in [0.3, 0.4) is 0 Å². The van der Waals surface area contributed by atoms with E-state index in [1.54, 1.807) is 30.3 Å². The molecule has 2 rings (SSSR count). The van der Waals surface area contributed by atoms with Crippen LogP contribution in [0.5, 0.6) is 0 Å². The lowest BCUT2D eigenvalue weighted by molar-refractivity contribution is -0.210. The second-order valence-corrected chi connectivity index (χ2v) is 6.12. The van der Waals surface area contributed by atoms with E-state index in [0.29, 0.717) is 5.56 Å². The van der Waals surface area contributed by atoms with Crippen molar-refractivity contribution in [1.29, 1.82) is 0 Å². The summed E-state index contributed by atoms with van der Waals surface area (Å²) in [7, 11) is -4.64. The van der Waals surface area contributed by atoms with E-state index in [4.69, 9.17) is 9.29 Å². The fourth-order valence-corrected chi connectivity index (χ4v) is 2.53. The number of nitrogens with one attached hydrogen (secondary N) is 1. The van der Waals surface area contributed by atoms with Gasteiger partial charge in [-0.2, -0.15) is 8.42 Å². The number of carbonyl (C=O) groups is 1. The number of carbonyl (C=O) groups excluding carboxylic acids is 1. The molecule has 9 nitrogen and oxygen atoms in total. The zero-order valence-corrected chi connectivity index (χ0v) is 12.7. The first-order valence-electron chi connectivity index (χ1n) is 6.75. The Morgan fingerprint density at radius 1 is 1.30 bits per heavy atom. The molecule has 1 aromatic rings. The van der Waals surface area contributed by atoms with E-state index in [0.717, 1.165) is 0 Å². The number of amides is 1. The minimum Gasteiger partial charge on any atom is -0.391 e. The third-order valence-corrected chi connectivity index (χ3v) is 3.73. The van der Waals surface area contributed by atoms with Crippen molar-refractivity contribution in [2.45, 2.75) is 31.0 Å². The molecule has 1 amide bonds. The van der Waals surface area contributed by atoms with E-state index in [-0.39, 0.29) is 6.42 Å². The number of aliphatic hydroxyl groups excluding tert-OH is 2. The molecule has 0 spiro atoms. The van der Waals surface area contributed by atoms with Crippen LogP contribution in [-0.2, 0) is 19.3 Å². The van der Waals surface area contributed by atoms with E-state index in [9.17, 15) is 23.4 Å². The Morgan fingerprint density at radius 3 is 2.52 bits per heavy atom. The van der Waals surface area contributed by atoms with Crippen LogP contribution in [0.4, 0.5) is 0 Å².